The van der Waals surface area contributed by atoms with E-state index in [0.717, 1.165) is 0 Å². The van der Waals surface area contributed by atoms with Crippen molar-refractivity contribution in [2.45, 2.75) is 0 Å². The number of anilines is 1. The number of rotatable bonds is 4. The van der Waals surface area contributed by atoms with Crippen LogP contribution in [0.4, 0.5) is 10.2 Å². The number of hydrogen-bond acceptors (Lipinski definition) is 4. The minimum Gasteiger partial charge on any atom is -0.504 e. The largest absolute Gasteiger partial charge is 0.504 e. The zero-order chi connectivity index (χ0) is 13.7. The molecule has 1 aromatic carbocycles. The lowest BCUT2D eigenvalue weighted by Gasteiger charge is -2.08. The maximum atomic E-state index is 13.2. The zero-order valence-corrected chi connectivity index (χ0v) is 9.84. The third-order valence-electron chi connectivity index (χ3n) is 2.24. The Balaban J connectivity index is 1.92. The smallest absolute Gasteiger partial charge is 0.263 e. The average Bonchev–Trinajstić information content (AvgIpc) is 2.40. The lowest BCUT2D eigenvalue weighted by Crippen LogP contribution is -2.21. The molecule has 0 saturated heterocycles. The van der Waals surface area contributed by atoms with E-state index in [0.29, 0.717) is 0 Å². The van der Waals surface area contributed by atoms with Crippen LogP contribution in [-0.4, -0.2) is 22.6 Å². The van der Waals surface area contributed by atoms with Crippen molar-refractivity contribution in [3.05, 3.63) is 48.4 Å². The molecule has 2 N–H and O–H groups in total. The van der Waals surface area contributed by atoms with Crippen LogP contribution in [0, 0.1) is 5.82 Å². The van der Waals surface area contributed by atoms with Gasteiger partial charge < -0.3 is 15.2 Å². The van der Waals surface area contributed by atoms with Gasteiger partial charge in [-0.1, -0.05) is 12.1 Å². The summed E-state index contributed by atoms with van der Waals surface area (Å²) in [5.74, 6) is -1.22. The summed E-state index contributed by atoms with van der Waals surface area (Å²) in [6.45, 7) is -0.378. The van der Waals surface area contributed by atoms with E-state index >= 15 is 0 Å². The van der Waals surface area contributed by atoms with Gasteiger partial charge in [-0.2, -0.15) is 0 Å². The third kappa shape index (κ3) is 3.41. The summed E-state index contributed by atoms with van der Waals surface area (Å²) in [5, 5.41) is 11.8. The number of aromatic nitrogens is 1. The van der Waals surface area contributed by atoms with Gasteiger partial charge in [-0.25, -0.2) is 9.37 Å². The fraction of sp³-hybridized carbons (Fsp3) is 0.0769. The van der Waals surface area contributed by atoms with Gasteiger partial charge in [-0.3, -0.25) is 4.79 Å². The number of aromatic hydroxyl groups is 1. The van der Waals surface area contributed by atoms with Crippen LogP contribution in [0.25, 0.3) is 0 Å². The van der Waals surface area contributed by atoms with Crippen molar-refractivity contribution < 1.29 is 19.0 Å². The van der Waals surface area contributed by atoms with Crippen LogP contribution in [0.15, 0.2) is 42.6 Å². The van der Waals surface area contributed by atoms with Crippen LogP contribution in [-0.2, 0) is 4.79 Å². The summed E-state index contributed by atoms with van der Waals surface area (Å²) in [6.07, 6.45) is 1.42. The first kappa shape index (κ1) is 12.8. The van der Waals surface area contributed by atoms with Crippen molar-refractivity contribution in [3.8, 4) is 11.5 Å². The van der Waals surface area contributed by atoms with Gasteiger partial charge in [0, 0.05) is 6.20 Å². The molecule has 0 radical (unpaired) electrons. The number of pyridine rings is 1. The van der Waals surface area contributed by atoms with Gasteiger partial charge in [0.1, 0.15) is 0 Å². The molecular formula is C13H11FN2O3. The summed E-state index contributed by atoms with van der Waals surface area (Å²) in [5.41, 5.74) is 0. The molecule has 19 heavy (non-hydrogen) atoms. The lowest BCUT2D eigenvalue weighted by atomic mass is 10.3. The third-order valence-corrected chi connectivity index (χ3v) is 2.24. The minimum absolute atomic E-state index is 0.0112. The van der Waals surface area contributed by atoms with E-state index < -0.39 is 11.7 Å². The van der Waals surface area contributed by atoms with Gasteiger partial charge in [0.15, 0.2) is 29.7 Å². The van der Waals surface area contributed by atoms with E-state index in [1.54, 1.807) is 6.07 Å². The number of para-hydroxylation sites is 1. The highest BCUT2D eigenvalue weighted by Crippen LogP contribution is 2.18. The Morgan fingerprint density at radius 1 is 1.32 bits per heavy atom. The van der Waals surface area contributed by atoms with Crippen LogP contribution >= 0.6 is 0 Å². The monoisotopic (exact) mass is 262 g/mol. The number of carbonyl (C=O) groups is 1. The molecule has 0 aliphatic rings. The predicted molar refractivity (Wildman–Crippen MR) is 66.4 cm³/mol. The van der Waals surface area contributed by atoms with E-state index in [2.05, 4.69) is 10.3 Å². The summed E-state index contributed by atoms with van der Waals surface area (Å²) in [6, 6.07) is 8.69. The quantitative estimate of drug-likeness (QED) is 0.883. The van der Waals surface area contributed by atoms with E-state index in [-0.39, 0.29) is 23.9 Å². The van der Waals surface area contributed by atoms with Gasteiger partial charge >= 0.3 is 0 Å². The van der Waals surface area contributed by atoms with Crippen molar-refractivity contribution in [3.63, 3.8) is 0 Å². The van der Waals surface area contributed by atoms with Crippen molar-refractivity contribution in [2.24, 2.45) is 0 Å². The first-order valence-corrected chi connectivity index (χ1v) is 5.48. The molecule has 0 spiro atoms. The normalized spacial score (nSPS) is 9.95. The van der Waals surface area contributed by atoms with Crippen LogP contribution < -0.4 is 10.1 Å². The molecule has 6 heteroatoms. The Kier molecular flexibility index (Phi) is 3.92. The topological polar surface area (TPSA) is 71.5 Å². The minimum atomic E-state index is -0.545. The average molecular weight is 262 g/mol. The lowest BCUT2D eigenvalue weighted by molar-refractivity contribution is -0.118. The van der Waals surface area contributed by atoms with Crippen molar-refractivity contribution >= 4 is 11.7 Å². The Hall–Kier alpha value is -2.63. The molecule has 5 nitrogen and oxygen atoms in total. The predicted octanol–water partition coefficient (Wildman–Crippen LogP) is 1.94. The van der Waals surface area contributed by atoms with Gasteiger partial charge in [0.25, 0.3) is 5.91 Å². The molecule has 0 aliphatic carbocycles. The number of halogens is 1. The summed E-state index contributed by atoms with van der Waals surface area (Å²) >= 11 is 0. The molecule has 2 aromatic rings. The molecule has 0 atom stereocenters. The molecular weight excluding hydrogens is 251 g/mol. The fourth-order valence-electron chi connectivity index (χ4n) is 1.37. The Morgan fingerprint density at radius 3 is 2.84 bits per heavy atom. The summed E-state index contributed by atoms with van der Waals surface area (Å²) in [7, 11) is 0. The molecule has 0 fully saturated rings. The van der Waals surface area contributed by atoms with Crippen LogP contribution in [0.3, 0.4) is 0 Å². The maximum absolute atomic E-state index is 13.2. The highest BCUT2D eigenvalue weighted by molar-refractivity contribution is 5.92. The maximum Gasteiger partial charge on any atom is 0.263 e. The van der Waals surface area contributed by atoms with E-state index in [4.69, 9.17) is 4.74 Å². The second-order valence-corrected chi connectivity index (χ2v) is 3.64. The first-order valence-electron chi connectivity index (χ1n) is 5.48. The van der Waals surface area contributed by atoms with Crippen LogP contribution in [0.2, 0.25) is 0 Å². The van der Waals surface area contributed by atoms with Crippen LogP contribution in [0.1, 0.15) is 0 Å². The number of nitrogens with one attached hydrogen (secondary N) is 1. The Morgan fingerprint density at radius 2 is 2.11 bits per heavy atom. The van der Waals surface area contributed by atoms with Gasteiger partial charge in [0.2, 0.25) is 0 Å². The molecule has 1 amide bonds. The summed E-state index contributed by atoms with van der Waals surface area (Å²) < 4.78 is 18.2. The number of benzene rings is 1. The second kappa shape index (κ2) is 5.81. The summed E-state index contributed by atoms with van der Waals surface area (Å²) in [4.78, 5) is 15.3. The molecule has 98 valence electrons. The Labute approximate surface area is 108 Å². The zero-order valence-electron chi connectivity index (χ0n) is 9.84. The van der Waals surface area contributed by atoms with Crippen molar-refractivity contribution in [1.29, 1.82) is 0 Å². The number of carbonyl (C=O) groups excluding carboxylic acids is 1. The number of ether oxygens (including phenoxy) is 1. The van der Waals surface area contributed by atoms with Gasteiger partial charge in [0.05, 0.1) is 0 Å². The SMILES string of the molecule is O=C(COc1ccccc1F)Nc1ncccc1O. The van der Waals surface area contributed by atoms with E-state index in [9.17, 15) is 14.3 Å². The molecule has 1 heterocycles. The number of amides is 1. The first-order chi connectivity index (χ1) is 9.16. The van der Waals surface area contributed by atoms with Crippen LogP contribution in [0.5, 0.6) is 11.5 Å². The second-order valence-electron chi connectivity index (χ2n) is 3.64. The van der Waals surface area contributed by atoms with Crippen molar-refractivity contribution in [2.75, 3.05) is 11.9 Å². The molecule has 0 aliphatic heterocycles. The van der Waals surface area contributed by atoms with E-state index in [1.807, 2.05) is 0 Å². The van der Waals surface area contributed by atoms with Gasteiger partial charge in [-0.15, -0.1) is 0 Å². The molecule has 0 saturated carbocycles. The highest BCUT2D eigenvalue weighted by atomic mass is 19.1. The standard InChI is InChI=1S/C13H11FN2O3/c14-9-4-1-2-6-11(9)19-8-12(18)16-13-10(17)5-3-7-15-13/h1-7,17H,8H2,(H,15,16,18). The highest BCUT2D eigenvalue weighted by Gasteiger charge is 2.09. The van der Waals surface area contributed by atoms with Crippen molar-refractivity contribution in [1.82, 2.24) is 4.98 Å². The molecule has 0 unspecified atom stereocenters. The fourth-order valence-corrected chi connectivity index (χ4v) is 1.37. The molecule has 1 aromatic heterocycles. The Bertz CT molecular complexity index is 590. The molecule has 0 bridgehead atoms. The van der Waals surface area contributed by atoms with E-state index in [1.165, 1.54) is 36.5 Å². The number of nitrogens with zero attached hydrogens (tertiary/aromatic N) is 1. The van der Waals surface area contributed by atoms with Gasteiger partial charge in [-0.05, 0) is 24.3 Å². The molecule has 2 rings (SSSR count). The number of hydrogen-bond donors (Lipinski definition) is 2.